The largest absolute Gasteiger partial charge is 0.356 e. The number of carbonyl (C=O) groups is 1. The number of hydrogen-bond acceptors (Lipinski definition) is 1. The summed E-state index contributed by atoms with van der Waals surface area (Å²) >= 11 is 0. The molecule has 0 fully saturated rings. The first-order valence-corrected chi connectivity index (χ1v) is 10.2. The van der Waals surface area contributed by atoms with Gasteiger partial charge in [-0.25, -0.2) is 0 Å². The summed E-state index contributed by atoms with van der Waals surface area (Å²) in [4.78, 5) is 11.3. The molecule has 142 valence electrons. The third-order valence-electron chi connectivity index (χ3n) is 3.80. The molecule has 0 aromatic rings. The molecule has 0 heterocycles. The Morgan fingerprint density at radius 1 is 0.680 bits per heavy atom. The molecule has 0 radical (unpaired) electrons. The third-order valence-corrected chi connectivity index (χ3v) is 3.80. The van der Waals surface area contributed by atoms with Gasteiger partial charge in [0.25, 0.3) is 0 Å². The number of allylic oxidation sites excluding steroid dienone is 8. The molecule has 0 aromatic heterocycles. The Morgan fingerprint density at radius 3 is 1.72 bits per heavy atom. The SMILES string of the molecule is CCCCC/C=C\C/C=C\C/C=C\C/C=C\CCCNC(=O)CCC. The number of carbonyl (C=O) groups excluding carboxylic acids is 1. The Morgan fingerprint density at radius 2 is 1.20 bits per heavy atom. The molecule has 2 nitrogen and oxygen atoms in total. The number of nitrogens with one attached hydrogen (secondary N) is 1. The highest BCUT2D eigenvalue weighted by atomic mass is 16.1. The van der Waals surface area contributed by atoms with Gasteiger partial charge in [0.05, 0.1) is 0 Å². The quantitative estimate of drug-likeness (QED) is 0.246. The summed E-state index contributed by atoms with van der Waals surface area (Å²) in [7, 11) is 0. The van der Waals surface area contributed by atoms with Crippen molar-refractivity contribution in [1.29, 1.82) is 0 Å². The predicted molar refractivity (Wildman–Crippen MR) is 112 cm³/mol. The highest BCUT2D eigenvalue weighted by molar-refractivity contribution is 5.75. The molecule has 1 amide bonds. The van der Waals surface area contributed by atoms with Gasteiger partial charge in [0.2, 0.25) is 5.91 Å². The molecule has 2 heteroatoms. The molecule has 0 spiro atoms. The van der Waals surface area contributed by atoms with E-state index in [9.17, 15) is 4.79 Å². The van der Waals surface area contributed by atoms with Crippen LogP contribution in [0.2, 0.25) is 0 Å². The van der Waals surface area contributed by atoms with Crippen molar-refractivity contribution in [3.63, 3.8) is 0 Å². The number of unbranched alkanes of at least 4 members (excludes halogenated alkanes) is 4. The van der Waals surface area contributed by atoms with Crippen molar-refractivity contribution >= 4 is 5.91 Å². The van der Waals surface area contributed by atoms with Crippen LogP contribution in [0.3, 0.4) is 0 Å². The van der Waals surface area contributed by atoms with Crippen molar-refractivity contribution in [3.8, 4) is 0 Å². The Bertz CT molecular complexity index is 404. The zero-order chi connectivity index (χ0) is 18.4. The van der Waals surface area contributed by atoms with Crippen molar-refractivity contribution in [2.75, 3.05) is 6.54 Å². The summed E-state index contributed by atoms with van der Waals surface area (Å²) in [5.74, 6) is 0.175. The van der Waals surface area contributed by atoms with Crippen LogP contribution in [-0.4, -0.2) is 12.5 Å². The summed E-state index contributed by atoms with van der Waals surface area (Å²) in [6.07, 6.45) is 29.7. The van der Waals surface area contributed by atoms with Gasteiger partial charge in [0, 0.05) is 13.0 Å². The fraction of sp³-hybridized carbons (Fsp3) is 0.609. The van der Waals surface area contributed by atoms with Gasteiger partial charge < -0.3 is 5.32 Å². The summed E-state index contributed by atoms with van der Waals surface area (Å²) in [5, 5.41) is 2.94. The van der Waals surface area contributed by atoms with Gasteiger partial charge in [-0.2, -0.15) is 0 Å². The van der Waals surface area contributed by atoms with E-state index < -0.39 is 0 Å². The van der Waals surface area contributed by atoms with Crippen molar-refractivity contribution in [1.82, 2.24) is 5.32 Å². The summed E-state index contributed by atoms with van der Waals surface area (Å²) in [5.41, 5.74) is 0. The average molecular weight is 346 g/mol. The second-order valence-corrected chi connectivity index (χ2v) is 6.33. The molecule has 0 aromatic carbocycles. The van der Waals surface area contributed by atoms with Gasteiger partial charge in [0.15, 0.2) is 0 Å². The lowest BCUT2D eigenvalue weighted by Crippen LogP contribution is -2.23. The lowest BCUT2D eigenvalue weighted by atomic mass is 10.2. The lowest BCUT2D eigenvalue weighted by Gasteiger charge is -2.01. The van der Waals surface area contributed by atoms with Gasteiger partial charge in [-0.3, -0.25) is 4.79 Å². The molecule has 0 bridgehead atoms. The summed E-state index contributed by atoms with van der Waals surface area (Å²) < 4.78 is 0. The molecule has 25 heavy (non-hydrogen) atoms. The molecule has 0 aliphatic rings. The maximum atomic E-state index is 11.3. The highest BCUT2D eigenvalue weighted by Gasteiger charge is 1.95. The van der Waals surface area contributed by atoms with E-state index in [1.165, 1.54) is 25.7 Å². The molecule has 0 rings (SSSR count). The Hall–Kier alpha value is -1.57. The van der Waals surface area contributed by atoms with E-state index in [0.717, 1.165) is 45.1 Å². The van der Waals surface area contributed by atoms with Crippen LogP contribution in [0.4, 0.5) is 0 Å². The van der Waals surface area contributed by atoms with Gasteiger partial charge in [0.1, 0.15) is 0 Å². The maximum absolute atomic E-state index is 11.3. The minimum atomic E-state index is 0.175. The van der Waals surface area contributed by atoms with Crippen LogP contribution in [0.5, 0.6) is 0 Å². The minimum absolute atomic E-state index is 0.175. The molecule has 0 unspecified atom stereocenters. The molecule has 0 saturated heterocycles. The summed E-state index contributed by atoms with van der Waals surface area (Å²) in [6, 6.07) is 0. The van der Waals surface area contributed by atoms with Gasteiger partial charge >= 0.3 is 0 Å². The summed E-state index contributed by atoms with van der Waals surface area (Å²) in [6.45, 7) is 5.06. The normalized spacial score (nSPS) is 12.2. The maximum Gasteiger partial charge on any atom is 0.219 e. The first-order valence-electron chi connectivity index (χ1n) is 10.2. The smallest absolute Gasteiger partial charge is 0.219 e. The van der Waals surface area contributed by atoms with Crippen LogP contribution < -0.4 is 5.32 Å². The van der Waals surface area contributed by atoms with E-state index in [1.54, 1.807) is 0 Å². The van der Waals surface area contributed by atoms with E-state index in [1.807, 2.05) is 6.92 Å². The fourth-order valence-corrected chi connectivity index (χ4v) is 2.32. The predicted octanol–water partition coefficient (Wildman–Crippen LogP) is 6.66. The molecule has 0 atom stereocenters. The Kier molecular flexibility index (Phi) is 19.2. The van der Waals surface area contributed by atoms with E-state index in [-0.39, 0.29) is 5.91 Å². The van der Waals surface area contributed by atoms with Crippen molar-refractivity contribution in [3.05, 3.63) is 48.6 Å². The van der Waals surface area contributed by atoms with E-state index in [0.29, 0.717) is 6.42 Å². The first-order chi connectivity index (χ1) is 12.3. The topological polar surface area (TPSA) is 29.1 Å². The molecular weight excluding hydrogens is 306 g/mol. The zero-order valence-corrected chi connectivity index (χ0v) is 16.5. The van der Waals surface area contributed by atoms with Crippen LogP contribution in [0.25, 0.3) is 0 Å². The zero-order valence-electron chi connectivity index (χ0n) is 16.5. The number of hydrogen-bond donors (Lipinski definition) is 1. The van der Waals surface area contributed by atoms with Crippen LogP contribution in [-0.2, 0) is 4.79 Å². The molecular formula is C23H39NO. The minimum Gasteiger partial charge on any atom is -0.356 e. The van der Waals surface area contributed by atoms with Crippen molar-refractivity contribution in [2.24, 2.45) is 0 Å². The number of rotatable bonds is 16. The number of amides is 1. The van der Waals surface area contributed by atoms with Crippen molar-refractivity contribution < 1.29 is 4.79 Å². The van der Waals surface area contributed by atoms with Crippen LogP contribution in [0.15, 0.2) is 48.6 Å². The van der Waals surface area contributed by atoms with E-state index in [2.05, 4.69) is 60.8 Å². The third kappa shape index (κ3) is 20.4. The second kappa shape index (κ2) is 20.5. The standard InChI is InChI=1S/C23H39NO/c1-3-5-6-7-8-9-10-11-12-13-14-15-16-17-18-19-20-22-24-23(25)21-4-2/h8-9,11-12,14-15,17-18H,3-7,10,13,16,19-22H2,1-2H3,(H,24,25)/b9-8-,12-11-,15-14-,18-17-. The average Bonchev–Trinajstić information content (AvgIpc) is 2.61. The van der Waals surface area contributed by atoms with E-state index in [4.69, 9.17) is 0 Å². The van der Waals surface area contributed by atoms with Crippen LogP contribution in [0.1, 0.15) is 84.5 Å². The van der Waals surface area contributed by atoms with Gasteiger partial charge in [-0.1, -0.05) is 75.3 Å². The van der Waals surface area contributed by atoms with E-state index >= 15 is 0 Å². The highest BCUT2D eigenvalue weighted by Crippen LogP contribution is 2.01. The van der Waals surface area contributed by atoms with Gasteiger partial charge in [-0.05, 0) is 51.4 Å². The Balaban J connectivity index is 3.41. The monoisotopic (exact) mass is 345 g/mol. The van der Waals surface area contributed by atoms with Crippen LogP contribution >= 0.6 is 0 Å². The Labute approximate surface area is 156 Å². The second-order valence-electron chi connectivity index (χ2n) is 6.33. The first kappa shape index (κ1) is 23.4. The molecule has 1 N–H and O–H groups in total. The van der Waals surface area contributed by atoms with Crippen molar-refractivity contribution in [2.45, 2.75) is 84.5 Å². The van der Waals surface area contributed by atoms with Gasteiger partial charge in [-0.15, -0.1) is 0 Å². The molecule has 0 aliphatic carbocycles. The lowest BCUT2D eigenvalue weighted by molar-refractivity contribution is -0.121. The molecule has 0 saturated carbocycles. The van der Waals surface area contributed by atoms with Crippen LogP contribution in [0, 0.1) is 0 Å². The fourth-order valence-electron chi connectivity index (χ4n) is 2.32. The molecule has 0 aliphatic heterocycles.